The Hall–Kier alpha value is -1.62. The number of carbonyl (C=O) groups excluding carboxylic acids is 1. The highest BCUT2D eigenvalue weighted by atomic mass is 16.5. The summed E-state index contributed by atoms with van der Waals surface area (Å²) in [7, 11) is 1.35. The van der Waals surface area contributed by atoms with Gasteiger partial charge in [0, 0.05) is 19.3 Å². The molecule has 0 atom stereocenters. The maximum Gasteiger partial charge on any atom is 0.339 e. The van der Waals surface area contributed by atoms with Crippen molar-refractivity contribution in [1.29, 1.82) is 0 Å². The molecule has 17 heavy (non-hydrogen) atoms. The van der Waals surface area contributed by atoms with Gasteiger partial charge in [-0.3, -0.25) is 0 Å². The first kappa shape index (κ1) is 11.9. The molecule has 0 aliphatic carbocycles. The minimum Gasteiger partial charge on any atom is -0.465 e. The summed E-state index contributed by atoms with van der Waals surface area (Å²) in [6, 6.07) is 3.52. The molecule has 1 aliphatic heterocycles. The van der Waals surface area contributed by atoms with Crippen molar-refractivity contribution < 1.29 is 14.6 Å². The van der Waals surface area contributed by atoms with E-state index < -0.39 is 0 Å². The lowest BCUT2D eigenvalue weighted by molar-refractivity contribution is 0.0600. The van der Waals surface area contributed by atoms with Crippen LogP contribution in [0.15, 0.2) is 18.3 Å². The van der Waals surface area contributed by atoms with E-state index in [1.54, 1.807) is 6.07 Å². The van der Waals surface area contributed by atoms with Gasteiger partial charge in [-0.1, -0.05) is 0 Å². The molecular formula is C12H16N2O3. The number of pyridine rings is 1. The van der Waals surface area contributed by atoms with E-state index in [1.807, 2.05) is 6.07 Å². The Bertz CT molecular complexity index is 383. The van der Waals surface area contributed by atoms with Gasteiger partial charge in [0.05, 0.1) is 18.8 Å². The summed E-state index contributed by atoms with van der Waals surface area (Å²) >= 11 is 0. The van der Waals surface area contributed by atoms with E-state index in [4.69, 9.17) is 0 Å². The highest BCUT2D eigenvalue weighted by molar-refractivity contribution is 5.89. The Balaban J connectivity index is 2.05. The van der Waals surface area contributed by atoms with Gasteiger partial charge in [0.2, 0.25) is 0 Å². The first-order valence-electron chi connectivity index (χ1n) is 5.68. The van der Waals surface area contributed by atoms with E-state index in [-0.39, 0.29) is 12.1 Å². The van der Waals surface area contributed by atoms with Gasteiger partial charge in [0.15, 0.2) is 0 Å². The minimum atomic E-state index is -0.377. The van der Waals surface area contributed by atoms with Gasteiger partial charge >= 0.3 is 5.97 Å². The van der Waals surface area contributed by atoms with Crippen LogP contribution in [0.4, 0.5) is 5.82 Å². The first-order valence-corrected chi connectivity index (χ1v) is 5.68. The van der Waals surface area contributed by atoms with Crippen molar-refractivity contribution in [3.05, 3.63) is 23.9 Å². The molecule has 0 radical (unpaired) electrons. The lowest BCUT2D eigenvalue weighted by atomic mass is 10.1. The van der Waals surface area contributed by atoms with Crippen molar-refractivity contribution in [3.8, 4) is 0 Å². The number of esters is 1. The third-order valence-electron chi connectivity index (χ3n) is 2.96. The molecule has 1 aromatic rings. The van der Waals surface area contributed by atoms with Crippen LogP contribution in [-0.2, 0) is 4.74 Å². The fourth-order valence-electron chi connectivity index (χ4n) is 1.91. The Morgan fingerprint density at radius 2 is 2.18 bits per heavy atom. The zero-order chi connectivity index (χ0) is 12.3. The molecule has 0 unspecified atom stereocenters. The number of ether oxygens (including phenoxy) is 1. The van der Waals surface area contributed by atoms with Crippen LogP contribution < -0.4 is 4.90 Å². The number of hydrogen-bond donors (Lipinski definition) is 1. The lowest BCUT2D eigenvalue weighted by Gasteiger charge is -2.30. The van der Waals surface area contributed by atoms with Crippen molar-refractivity contribution >= 4 is 11.8 Å². The van der Waals surface area contributed by atoms with Crippen LogP contribution >= 0.6 is 0 Å². The van der Waals surface area contributed by atoms with Crippen LogP contribution in [0.1, 0.15) is 23.2 Å². The molecule has 5 nitrogen and oxygen atoms in total. The third-order valence-corrected chi connectivity index (χ3v) is 2.96. The lowest BCUT2D eigenvalue weighted by Crippen LogP contribution is -2.36. The van der Waals surface area contributed by atoms with E-state index in [0.717, 1.165) is 31.7 Å². The summed E-state index contributed by atoms with van der Waals surface area (Å²) in [5.41, 5.74) is 0.452. The molecule has 0 bridgehead atoms. The van der Waals surface area contributed by atoms with Crippen LogP contribution in [0.2, 0.25) is 0 Å². The van der Waals surface area contributed by atoms with E-state index in [0.29, 0.717) is 5.56 Å². The van der Waals surface area contributed by atoms with Gasteiger partial charge in [0.1, 0.15) is 5.82 Å². The largest absolute Gasteiger partial charge is 0.465 e. The molecule has 0 amide bonds. The predicted octanol–water partition coefficient (Wildman–Crippen LogP) is 0.829. The fourth-order valence-corrected chi connectivity index (χ4v) is 1.91. The van der Waals surface area contributed by atoms with Crippen LogP contribution in [0.25, 0.3) is 0 Å². The smallest absolute Gasteiger partial charge is 0.339 e. The number of aliphatic hydroxyl groups excluding tert-OH is 1. The van der Waals surface area contributed by atoms with Crippen molar-refractivity contribution in [2.24, 2.45) is 0 Å². The normalized spacial score (nSPS) is 16.9. The number of aliphatic hydroxyl groups is 1. The van der Waals surface area contributed by atoms with Gasteiger partial charge in [-0.05, 0) is 25.0 Å². The number of nitrogens with zero attached hydrogens (tertiary/aromatic N) is 2. The van der Waals surface area contributed by atoms with Gasteiger partial charge in [-0.15, -0.1) is 0 Å². The summed E-state index contributed by atoms with van der Waals surface area (Å²) < 4.78 is 4.61. The number of piperidine rings is 1. The van der Waals surface area contributed by atoms with E-state index in [1.165, 1.54) is 13.3 Å². The van der Waals surface area contributed by atoms with Gasteiger partial charge in [0.25, 0.3) is 0 Å². The second-order valence-corrected chi connectivity index (χ2v) is 4.11. The van der Waals surface area contributed by atoms with Gasteiger partial charge in [-0.25, -0.2) is 9.78 Å². The van der Waals surface area contributed by atoms with Crippen molar-refractivity contribution in [2.45, 2.75) is 18.9 Å². The number of rotatable bonds is 2. The summed E-state index contributed by atoms with van der Waals surface area (Å²) in [4.78, 5) is 17.6. The standard InChI is InChI=1S/C12H16N2O3/c1-17-12(16)9-2-3-11(13-8-9)14-6-4-10(15)5-7-14/h2-3,8,10,15H,4-7H2,1H3. The number of carbonyl (C=O) groups is 1. The molecule has 1 fully saturated rings. The predicted molar refractivity (Wildman–Crippen MR) is 63.0 cm³/mol. The SMILES string of the molecule is COC(=O)c1ccc(N2CCC(O)CC2)nc1. The monoisotopic (exact) mass is 236 g/mol. The second kappa shape index (κ2) is 5.14. The third kappa shape index (κ3) is 2.74. The molecule has 1 aliphatic rings. The molecule has 2 rings (SSSR count). The summed E-state index contributed by atoms with van der Waals surface area (Å²) in [6.45, 7) is 1.59. The van der Waals surface area contributed by atoms with E-state index in [9.17, 15) is 9.90 Å². The molecule has 0 aromatic carbocycles. The van der Waals surface area contributed by atoms with Crippen LogP contribution in [-0.4, -0.2) is 42.4 Å². The highest BCUT2D eigenvalue weighted by Gasteiger charge is 2.18. The van der Waals surface area contributed by atoms with Crippen molar-refractivity contribution in [1.82, 2.24) is 4.98 Å². The molecule has 92 valence electrons. The molecule has 0 spiro atoms. The Morgan fingerprint density at radius 3 is 2.71 bits per heavy atom. The zero-order valence-electron chi connectivity index (χ0n) is 9.80. The molecular weight excluding hydrogens is 220 g/mol. The second-order valence-electron chi connectivity index (χ2n) is 4.11. The average Bonchev–Trinajstić information content (AvgIpc) is 2.39. The maximum atomic E-state index is 11.2. The molecule has 1 aromatic heterocycles. The minimum absolute atomic E-state index is 0.194. The van der Waals surface area contributed by atoms with Crippen molar-refractivity contribution in [2.75, 3.05) is 25.1 Å². The van der Waals surface area contributed by atoms with Crippen LogP contribution in [0.5, 0.6) is 0 Å². The van der Waals surface area contributed by atoms with E-state index >= 15 is 0 Å². The quantitative estimate of drug-likeness (QED) is 0.771. The number of aromatic nitrogens is 1. The Kier molecular flexibility index (Phi) is 3.58. The molecule has 1 saturated heterocycles. The fraction of sp³-hybridized carbons (Fsp3) is 0.500. The number of anilines is 1. The summed E-state index contributed by atoms with van der Waals surface area (Å²) in [5.74, 6) is 0.461. The first-order chi connectivity index (χ1) is 8.20. The summed E-state index contributed by atoms with van der Waals surface area (Å²) in [5, 5.41) is 9.41. The maximum absolute atomic E-state index is 11.2. The molecule has 1 N–H and O–H groups in total. The Labute approximate surface area is 100 Å². The van der Waals surface area contributed by atoms with Crippen LogP contribution in [0, 0.1) is 0 Å². The molecule has 2 heterocycles. The van der Waals surface area contributed by atoms with Crippen molar-refractivity contribution in [3.63, 3.8) is 0 Å². The average molecular weight is 236 g/mol. The number of methoxy groups -OCH3 is 1. The summed E-state index contributed by atoms with van der Waals surface area (Å²) in [6.07, 6.45) is 2.85. The van der Waals surface area contributed by atoms with Gasteiger partial charge < -0.3 is 14.7 Å². The molecule has 0 saturated carbocycles. The topological polar surface area (TPSA) is 62.7 Å². The zero-order valence-corrected chi connectivity index (χ0v) is 9.80. The highest BCUT2D eigenvalue weighted by Crippen LogP contribution is 2.18. The van der Waals surface area contributed by atoms with E-state index in [2.05, 4.69) is 14.6 Å². The Morgan fingerprint density at radius 1 is 1.47 bits per heavy atom. The molecule has 5 heteroatoms. The number of hydrogen-bond acceptors (Lipinski definition) is 5. The van der Waals surface area contributed by atoms with Gasteiger partial charge in [-0.2, -0.15) is 0 Å². The van der Waals surface area contributed by atoms with Crippen LogP contribution in [0.3, 0.4) is 0 Å².